The molecule has 1 fully saturated rings. The SMILES string of the molecule is CC1CC(C(=O)O)CCN1C(=O)c1cccc(Br)n1. The fourth-order valence-corrected chi connectivity index (χ4v) is 2.72. The molecule has 1 aromatic rings. The van der Waals surface area contributed by atoms with Crippen molar-refractivity contribution in [3.8, 4) is 0 Å². The van der Waals surface area contributed by atoms with E-state index < -0.39 is 5.97 Å². The molecule has 1 aliphatic heterocycles. The van der Waals surface area contributed by atoms with Gasteiger partial charge in [-0.15, -0.1) is 0 Å². The second-order valence-electron chi connectivity index (χ2n) is 4.75. The van der Waals surface area contributed by atoms with E-state index in [9.17, 15) is 9.59 Å². The fraction of sp³-hybridized carbons (Fsp3) is 0.462. The molecule has 0 spiro atoms. The molecular weight excluding hydrogens is 312 g/mol. The van der Waals surface area contributed by atoms with Crippen molar-refractivity contribution >= 4 is 27.8 Å². The highest BCUT2D eigenvalue weighted by molar-refractivity contribution is 9.10. The minimum atomic E-state index is -0.778. The van der Waals surface area contributed by atoms with Crippen molar-refractivity contribution in [1.29, 1.82) is 0 Å². The average Bonchev–Trinajstić information content (AvgIpc) is 2.37. The van der Waals surface area contributed by atoms with Crippen LogP contribution in [0, 0.1) is 5.92 Å². The van der Waals surface area contributed by atoms with Gasteiger partial charge in [0.05, 0.1) is 5.92 Å². The Labute approximate surface area is 119 Å². The van der Waals surface area contributed by atoms with Gasteiger partial charge in [-0.1, -0.05) is 6.07 Å². The molecule has 2 heterocycles. The van der Waals surface area contributed by atoms with Gasteiger partial charge in [0.2, 0.25) is 0 Å². The van der Waals surface area contributed by atoms with Gasteiger partial charge in [-0.3, -0.25) is 9.59 Å². The van der Waals surface area contributed by atoms with E-state index in [1.165, 1.54) is 0 Å². The van der Waals surface area contributed by atoms with Crippen LogP contribution in [0.2, 0.25) is 0 Å². The van der Waals surface area contributed by atoms with Crippen LogP contribution in [-0.4, -0.2) is 39.5 Å². The van der Waals surface area contributed by atoms with E-state index >= 15 is 0 Å². The number of aromatic nitrogens is 1. The van der Waals surface area contributed by atoms with Gasteiger partial charge in [0.1, 0.15) is 10.3 Å². The summed E-state index contributed by atoms with van der Waals surface area (Å²) in [5.74, 6) is -1.27. The topological polar surface area (TPSA) is 70.5 Å². The standard InChI is InChI=1S/C13H15BrN2O3/c1-8-7-9(13(18)19)5-6-16(8)12(17)10-3-2-4-11(14)15-10/h2-4,8-9H,5-7H2,1H3,(H,18,19). The molecule has 0 radical (unpaired) electrons. The highest BCUT2D eigenvalue weighted by Gasteiger charge is 2.32. The second-order valence-corrected chi connectivity index (χ2v) is 5.57. The zero-order valence-corrected chi connectivity index (χ0v) is 12.1. The van der Waals surface area contributed by atoms with Gasteiger partial charge in [0.15, 0.2) is 0 Å². The number of carboxylic acids is 1. The summed E-state index contributed by atoms with van der Waals surface area (Å²) in [5, 5.41) is 9.01. The third-order valence-electron chi connectivity index (χ3n) is 3.42. The number of amides is 1. The number of nitrogens with zero attached hydrogens (tertiary/aromatic N) is 2. The molecule has 1 N–H and O–H groups in total. The van der Waals surface area contributed by atoms with Crippen molar-refractivity contribution in [1.82, 2.24) is 9.88 Å². The van der Waals surface area contributed by atoms with Crippen molar-refractivity contribution < 1.29 is 14.7 Å². The first-order valence-corrected chi connectivity index (χ1v) is 6.94. The summed E-state index contributed by atoms with van der Waals surface area (Å²) >= 11 is 3.24. The number of carboxylic acid groups (broad SMARTS) is 1. The molecule has 0 saturated carbocycles. The predicted molar refractivity (Wildman–Crippen MR) is 72.8 cm³/mol. The minimum Gasteiger partial charge on any atom is -0.481 e. The first-order valence-electron chi connectivity index (χ1n) is 6.15. The molecular formula is C13H15BrN2O3. The van der Waals surface area contributed by atoms with Crippen LogP contribution in [0.3, 0.4) is 0 Å². The maximum Gasteiger partial charge on any atom is 0.306 e. The van der Waals surface area contributed by atoms with Gasteiger partial charge in [0.25, 0.3) is 5.91 Å². The number of halogens is 1. The van der Waals surface area contributed by atoms with Crippen LogP contribution >= 0.6 is 15.9 Å². The Morgan fingerprint density at radius 3 is 2.79 bits per heavy atom. The summed E-state index contributed by atoms with van der Waals surface area (Å²) < 4.78 is 0.617. The molecule has 2 rings (SSSR count). The van der Waals surface area contributed by atoms with Crippen molar-refractivity contribution in [2.75, 3.05) is 6.54 Å². The van der Waals surface area contributed by atoms with E-state index in [-0.39, 0.29) is 17.9 Å². The Hall–Kier alpha value is -1.43. The van der Waals surface area contributed by atoms with E-state index in [0.29, 0.717) is 29.7 Å². The van der Waals surface area contributed by atoms with E-state index in [2.05, 4.69) is 20.9 Å². The first kappa shape index (κ1) is 14.0. The molecule has 1 aliphatic rings. The summed E-state index contributed by atoms with van der Waals surface area (Å²) in [4.78, 5) is 29.2. The molecule has 102 valence electrons. The van der Waals surface area contributed by atoms with E-state index in [1.54, 1.807) is 23.1 Å². The summed E-state index contributed by atoms with van der Waals surface area (Å²) in [7, 11) is 0. The maximum absolute atomic E-state index is 12.3. The van der Waals surface area contributed by atoms with Crippen LogP contribution in [0.25, 0.3) is 0 Å². The third-order valence-corrected chi connectivity index (χ3v) is 3.86. The van der Waals surface area contributed by atoms with Crippen molar-refractivity contribution in [2.45, 2.75) is 25.8 Å². The Kier molecular flexibility index (Phi) is 4.19. The zero-order valence-electron chi connectivity index (χ0n) is 10.5. The Balaban J connectivity index is 2.11. The molecule has 2 atom stereocenters. The number of carbonyl (C=O) groups is 2. The molecule has 2 unspecified atom stereocenters. The van der Waals surface area contributed by atoms with Gasteiger partial charge < -0.3 is 10.0 Å². The van der Waals surface area contributed by atoms with E-state index in [1.807, 2.05) is 6.92 Å². The smallest absolute Gasteiger partial charge is 0.306 e. The maximum atomic E-state index is 12.3. The predicted octanol–water partition coefficient (Wildman–Crippen LogP) is 2.17. The van der Waals surface area contributed by atoms with Crippen LogP contribution in [-0.2, 0) is 4.79 Å². The van der Waals surface area contributed by atoms with Crippen molar-refractivity contribution in [3.63, 3.8) is 0 Å². The van der Waals surface area contributed by atoms with Crippen LogP contribution < -0.4 is 0 Å². The quantitative estimate of drug-likeness (QED) is 0.845. The Bertz CT molecular complexity index is 506. The van der Waals surface area contributed by atoms with Gasteiger partial charge in [-0.2, -0.15) is 0 Å². The van der Waals surface area contributed by atoms with Crippen LogP contribution in [0.1, 0.15) is 30.3 Å². The summed E-state index contributed by atoms with van der Waals surface area (Å²) in [6.07, 6.45) is 0.995. The lowest BCUT2D eigenvalue weighted by atomic mass is 9.91. The number of likely N-dealkylation sites (tertiary alicyclic amines) is 1. The molecule has 6 heteroatoms. The molecule has 1 amide bonds. The number of piperidine rings is 1. The monoisotopic (exact) mass is 326 g/mol. The highest BCUT2D eigenvalue weighted by Crippen LogP contribution is 2.24. The second kappa shape index (κ2) is 5.69. The number of pyridine rings is 1. The lowest BCUT2D eigenvalue weighted by molar-refractivity contribution is -0.143. The molecule has 1 saturated heterocycles. The lowest BCUT2D eigenvalue weighted by Gasteiger charge is -2.36. The normalized spacial score (nSPS) is 23.2. The number of aliphatic carboxylic acids is 1. The molecule has 0 aromatic carbocycles. The number of hydrogen-bond acceptors (Lipinski definition) is 3. The van der Waals surface area contributed by atoms with Crippen molar-refractivity contribution in [3.05, 3.63) is 28.5 Å². The highest BCUT2D eigenvalue weighted by atomic mass is 79.9. The third kappa shape index (κ3) is 3.12. The average molecular weight is 327 g/mol. The summed E-state index contributed by atoms with van der Waals surface area (Å²) in [5.41, 5.74) is 0.384. The first-order chi connectivity index (χ1) is 8.99. The number of carbonyl (C=O) groups excluding carboxylic acids is 1. The molecule has 1 aromatic heterocycles. The van der Waals surface area contributed by atoms with Crippen LogP contribution in [0.5, 0.6) is 0 Å². The zero-order chi connectivity index (χ0) is 14.0. The minimum absolute atomic E-state index is 0.0804. The molecule has 0 bridgehead atoms. The summed E-state index contributed by atoms with van der Waals surface area (Å²) in [6, 6.07) is 5.11. The Morgan fingerprint density at radius 1 is 1.47 bits per heavy atom. The number of rotatable bonds is 2. The lowest BCUT2D eigenvalue weighted by Crippen LogP contribution is -2.46. The molecule has 19 heavy (non-hydrogen) atoms. The van der Waals surface area contributed by atoms with Gasteiger partial charge in [-0.25, -0.2) is 4.98 Å². The largest absolute Gasteiger partial charge is 0.481 e. The molecule has 0 aliphatic carbocycles. The van der Waals surface area contributed by atoms with Crippen LogP contribution in [0.15, 0.2) is 22.8 Å². The van der Waals surface area contributed by atoms with E-state index in [0.717, 1.165) is 0 Å². The van der Waals surface area contributed by atoms with E-state index in [4.69, 9.17) is 5.11 Å². The summed E-state index contributed by atoms with van der Waals surface area (Å²) in [6.45, 7) is 2.34. The number of hydrogen-bond donors (Lipinski definition) is 1. The van der Waals surface area contributed by atoms with Crippen LogP contribution in [0.4, 0.5) is 0 Å². The Morgan fingerprint density at radius 2 is 2.21 bits per heavy atom. The molecule has 5 nitrogen and oxygen atoms in total. The fourth-order valence-electron chi connectivity index (χ4n) is 2.37. The van der Waals surface area contributed by atoms with Crippen molar-refractivity contribution in [2.24, 2.45) is 5.92 Å². The van der Waals surface area contributed by atoms with Gasteiger partial charge in [-0.05, 0) is 47.8 Å². The van der Waals surface area contributed by atoms with Gasteiger partial charge >= 0.3 is 5.97 Å². The van der Waals surface area contributed by atoms with Gasteiger partial charge in [0, 0.05) is 12.6 Å².